The van der Waals surface area contributed by atoms with Crippen LogP contribution in [0.25, 0.3) is 11.3 Å². The molecule has 0 aromatic carbocycles. The van der Waals surface area contributed by atoms with Crippen molar-refractivity contribution >= 4 is 35.2 Å². The monoisotopic (exact) mass is 859 g/mol. The standard InChI is InChI=1S/C44H66ClN5O10/c1-13-32-44(9)38(50(42(55)60-44)19-15-14-18-49-23-47-34(29(49)7)30-16-17-33(45)46-22-30)26(4)35(51)24(2)21-43(8,56-12)39(27(5)36(52)28(6)40(54)58-32)59-41-37(53)31(48(10)11)20-25(3)57-41/h16-17,22-28,31-32,37-39,41,53H,13-15,18-21H2,1-12H3/t24-,25-,26+,27+,28-,31+,32-,37-,38-,39-,41+,43+,44-/m1/s1. The van der Waals surface area contributed by atoms with Gasteiger partial charge in [-0.15, -0.1) is 0 Å². The summed E-state index contributed by atoms with van der Waals surface area (Å²) in [6.45, 7) is 16.9. The van der Waals surface area contributed by atoms with Gasteiger partial charge in [0.2, 0.25) is 0 Å². The van der Waals surface area contributed by atoms with E-state index in [9.17, 15) is 24.3 Å². The van der Waals surface area contributed by atoms with Crippen LogP contribution >= 0.6 is 11.6 Å². The van der Waals surface area contributed by atoms with Gasteiger partial charge in [-0.05, 0) is 93.0 Å². The van der Waals surface area contributed by atoms with Crippen LogP contribution in [0.5, 0.6) is 0 Å². The van der Waals surface area contributed by atoms with E-state index in [1.54, 1.807) is 51.2 Å². The molecule has 0 saturated carbocycles. The van der Waals surface area contributed by atoms with Gasteiger partial charge in [-0.1, -0.05) is 39.3 Å². The average Bonchev–Trinajstić information content (AvgIpc) is 3.70. The third-order valence-electron chi connectivity index (χ3n) is 13.3. The van der Waals surface area contributed by atoms with E-state index >= 15 is 0 Å². The molecule has 2 aromatic heterocycles. The topological polar surface area (TPSA) is 172 Å². The normalized spacial score (nSPS) is 35.9. The number of carbonyl (C=O) groups excluding carboxylic acids is 4. The molecule has 3 fully saturated rings. The largest absolute Gasteiger partial charge is 0.458 e. The van der Waals surface area contributed by atoms with Crippen molar-refractivity contribution in [3.05, 3.63) is 35.5 Å². The molecule has 3 aliphatic heterocycles. The molecular formula is C44H66ClN5O10. The minimum atomic E-state index is -1.42. The van der Waals surface area contributed by atoms with E-state index in [0.29, 0.717) is 31.0 Å². The fourth-order valence-corrected chi connectivity index (χ4v) is 9.85. The number of likely N-dealkylation sites (N-methyl/N-ethyl adjacent to an activating group) is 1. The van der Waals surface area contributed by atoms with Crippen molar-refractivity contribution in [3.8, 4) is 11.3 Å². The molecule has 15 nitrogen and oxygen atoms in total. The highest BCUT2D eigenvalue weighted by molar-refractivity contribution is 6.29. The number of pyridine rings is 1. The quantitative estimate of drug-likeness (QED) is 0.123. The van der Waals surface area contributed by atoms with Crippen molar-refractivity contribution in [2.24, 2.45) is 23.7 Å². The Labute approximate surface area is 359 Å². The number of aryl methyl sites for hydroxylation is 1. The predicted molar refractivity (Wildman–Crippen MR) is 224 cm³/mol. The highest BCUT2D eigenvalue weighted by Crippen LogP contribution is 2.43. The second kappa shape index (κ2) is 19.3. The number of nitrogens with zero attached hydrogens (tertiary/aromatic N) is 5. The minimum absolute atomic E-state index is 0.122. The Morgan fingerprint density at radius 3 is 2.30 bits per heavy atom. The molecule has 5 rings (SSSR count). The van der Waals surface area contributed by atoms with Gasteiger partial charge in [0.15, 0.2) is 17.7 Å². The van der Waals surface area contributed by atoms with Gasteiger partial charge in [0, 0.05) is 61.4 Å². The number of esters is 1. The number of aromatic nitrogens is 3. The second-order valence-electron chi connectivity index (χ2n) is 17.8. The highest BCUT2D eigenvalue weighted by Gasteiger charge is 2.60. The zero-order valence-corrected chi connectivity index (χ0v) is 38.1. The van der Waals surface area contributed by atoms with Crippen LogP contribution in [0.3, 0.4) is 0 Å². The van der Waals surface area contributed by atoms with Crippen LogP contribution in [-0.2, 0) is 44.6 Å². The first-order chi connectivity index (χ1) is 28.2. The number of methoxy groups -OCH3 is 1. The van der Waals surface area contributed by atoms with Crippen LogP contribution in [0.15, 0.2) is 24.7 Å². The maximum Gasteiger partial charge on any atom is 0.410 e. The van der Waals surface area contributed by atoms with Crippen LogP contribution in [-0.4, -0.2) is 135 Å². The van der Waals surface area contributed by atoms with Crippen molar-refractivity contribution in [1.29, 1.82) is 0 Å². The first kappa shape index (κ1) is 47.6. The summed E-state index contributed by atoms with van der Waals surface area (Å²) in [7, 11) is 5.24. The van der Waals surface area contributed by atoms with E-state index in [-0.39, 0.29) is 37.3 Å². The number of halogens is 1. The molecule has 1 N–H and O–H groups in total. The summed E-state index contributed by atoms with van der Waals surface area (Å²) in [5, 5.41) is 11.9. The Morgan fingerprint density at radius 1 is 1.00 bits per heavy atom. The lowest BCUT2D eigenvalue weighted by Crippen LogP contribution is -2.60. The van der Waals surface area contributed by atoms with Gasteiger partial charge >= 0.3 is 12.1 Å². The summed E-state index contributed by atoms with van der Waals surface area (Å²) in [5.41, 5.74) is -0.0656. The summed E-state index contributed by atoms with van der Waals surface area (Å²) < 4.78 is 33.3. The van der Waals surface area contributed by atoms with Crippen molar-refractivity contribution < 1.29 is 48.0 Å². The molecule has 2 aromatic rings. The van der Waals surface area contributed by atoms with Crippen LogP contribution < -0.4 is 0 Å². The lowest BCUT2D eigenvalue weighted by molar-refractivity contribution is -0.295. The third kappa shape index (κ3) is 9.61. The number of imidazole rings is 1. The fraction of sp³-hybridized carbons (Fsp3) is 0.727. The Hall–Kier alpha value is -3.47. The lowest BCUT2D eigenvalue weighted by Gasteiger charge is -2.47. The van der Waals surface area contributed by atoms with Crippen LogP contribution in [0.2, 0.25) is 5.15 Å². The molecule has 13 atom stereocenters. The lowest BCUT2D eigenvalue weighted by atomic mass is 9.73. The maximum absolute atomic E-state index is 14.8. The minimum Gasteiger partial charge on any atom is -0.458 e. The van der Waals surface area contributed by atoms with Crippen LogP contribution in [0.1, 0.15) is 93.2 Å². The maximum atomic E-state index is 14.8. The number of Topliss-reactive ketones (excluding diaryl/α,β-unsaturated/α-hetero) is 2. The molecule has 0 spiro atoms. The summed E-state index contributed by atoms with van der Waals surface area (Å²) in [6.07, 6.45) is 0.614. The van der Waals surface area contributed by atoms with Gasteiger partial charge in [-0.2, -0.15) is 0 Å². The van der Waals surface area contributed by atoms with E-state index in [1.165, 1.54) is 14.0 Å². The molecule has 0 unspecified atom stereocenters. The number of ether oxygens (including phenoxy) is 5. The highest BCUT2D eigenvalue weighted by atomic mass is 35.5. The number of ketones is 2. The smallest absolute Gasteiger partial charge is 0.410 e. The molecule has 3 saturated heterocycles. The van der Waals surface area contributed by atoms with Gasteiger partial charge < -0.3 is 43.2 Å². The second-order valence-corrected chi connectivity index (χ2v) is 18.2. The fourth-order valence-electron chi connectivity index (χ4n) is 9.74. The molecular weight excluding hydrogens is 794 g/mol. The molecule has 60 heavy (non-hydrogen) atoms. The van der Waals surface area contributed by atoms with Gasteiger partial charge in [-0.3, -0.25) is 14.4 Å². The zero-order chi connectivity index (χ0) is 44.4. The third-order valence-corrected chi connectivity index (χ3v) is 13.5. The Morgan fingerprint density at radius 2 is 1.68 bits per heavy atom. The Kier molecular flexibility index (Phi) is 15.3. The summed E-state index contributed by atoms with van der Waals surface area (Å²) >= 11 is 5.99. The Balaban J connectivity index is 1.43. The first-order valence-corrected chi connectivity index (χ1v) is 21.7. The summed E-state index contributed by atoms with van der Waals surface area (Å²) in [5.74, 6) is -5.01. The van der Waals surface area contributed by atoms with Crippen molar-refractivity contribution in [2.75, 3.05) is 27.7 Å². The number of aliphatic hydroxyl groups excluding tert-OH is 1. The zero-order valence-electron chi connectivity index (χ0n) is 37.3. The van der Waals surface area contributed by atoms with E-state index in [1.807, 2.05) is 57.3 Å². The number of unbranched alkanes of at least 4 members (excludes halogenated alkanes) is 1. The number of carbonyl (C=O) groups is 4. The summed E-state index contributed by atoms with van der Waals surface area (Å²) in [6, 6.07) is 2.51. The van der Waals surface area contributed by atoms with Gasteiger partial charge in [0.25, 0.3) is 0 Å². The van der Waals surface area contributed by atoms with E-state index in [2.05, 4.69) is 9.97 Å². The number of rotatable bonds is 11. The predicted octanol–water partition coefficient (Wildman–Crippen LogP) is 5.89. The van der Waals surface area contributed by atoms with E-state index in [0.717, 1.165) is 17.0 Å². The molecule has 0 bridgehead atoms. The van der Waals surface area contributed by atoms with E-state index < -0.39 is 83.4 Å². The summed E-state index contributed by atoms with van der Waals surface area (Å²) in [4.78, 5) is 69.3. The van der Waals surface area contributed by atoms with Gasteiger partial charge in [0.05, 0.1) is 35.9 Å². The number of hydrogen-bond acceptors (Lipinski definition) is 13. The number of amides is 1. The number of hydrogen-bond donors (Lipinski definition) is 1. The number of fused-ring (bicyclic) bond motifs is 1. The van der Waals surface area contributed by atoms with Gasteiger partial charge in [-0.25, -0.2) is 14.8 Å². The molecule has 3 aliphatic rings. The number of aliphatic hydroxyl groups is 1. The SMILES string of the molecule is CC[C@H]1OC(=O)[C@H](C)C(=O)[C@H](C)[C@@H](O[C@@H]2O[C@H](C)C[C@H](N(C)C)[C@H]2O)[C@@](C)(OC)C[C@@H](C)C(=O)[C@H](C)[C@H]2N(CCCCn3cnc(-c4ccc(Cl)nc4)c3C)C(=O)O[C@]12C. The van der Waals surface area contributed by atoms with Crippen LogP contribution in [0.4, 0.5) is 4.79 Å². The van der Waals surface area contributed by atoms with Crippen molar-refractivity contribution in [3.63, 3.8) is 0 Å². The van der Waals surface area contributed by atoms with Crippen molar-refractivity contribution in [1.82, 2.24) is 24.3 Å². The molecule has 0 radical (unpaired) electrons. The molecule has 5 heterocycles. The first-order valence-electron chi connectivity index (χ1n) is 21.3. The van der Waals surface area contributed by atoms with Gasteiger partial charge in [0.1, 0.15) is 29.1 Å². The average molecular weight is 860 g/mol. The molecule has 334 valence electrons. The van der Waals surface area contributed by atoms with Crippen molar-refractivity contribution in [2.45, 2.75) is 155 Å². The molecule has 16 heteroatoms. The molecule has 1 amide bonds. The molecule has 0 aliphatic carbocycles. The Bertz CT molecular complexity index is 1840. The van der Waals surface area contributed by atoms with E-state index in [4.69, 9.17) is 35.3 Å². The number of cyclic esters (lactones) is 1. The van der Waals surface area contributed by atoms with Crippen LogP contribution in [0, 0.1) is 30.6 Å².